The fourth-order valence-corrected chi connectivity index (χ4v) is 3.75. The lowest BCUT2D eigenvalue weighted by atomic mass is 9.96. The minimum atomic E-state index is -4.47. The van der Waals surface area contributed by atoms with Gasteiger partial charge in [-0.05, 0) is 30.2 Å². The summed E-state index contributed by atoms with van der Waals surface area (Å²) in [5.41, 5.74) is 1.77. The Labute approximate surface area is 171 Å². The molecule has 1 aliphatic rings. The van der Waals surface area contributed by atoms with Crippen molar-refractivity contribution in [3.8, 4) is 16.9 Å². The second kappa shape index (κ2) is 7.51. The molecule has 5 nitrogen and oxygen atoms in total. The molecule has 1 amide bonds. The van der Waals surface area contributed by atoms with Crippen LogP contribution in [0.4, 0.5) is 13.2 Å². The smallest absolute Gasteiger partial charge is 0.417 e. The molecule has 156 valence electrons. The minimum absolute atomic E-state index is 0.0805. The molecule has 4 rings (SSSR count). The van der Waals surface area contributed by atoms with Gasteiger partial charge in [-0.15, -0.1) is 0 Å². The highest BCUT2D eigenvalue weighted by Gasteiger charge is 2.35. The number of halogens is 3. The highest BCUT2D eigenvalue weighted by atomic mass is 19.4. The summed E-state index contributed by atoms with van der Waals surface area (Å²) in [5, 5.41) is 6.97. The lowest BCUT2D eigenvalue weighted by molar-refractivity contribution is -0.137. The standard InChI is InChI=1S/C22H20F3N3O2/c1-13-10-19(28(2)27-13)21(29)26-12-15-11-14-6-5-8-17(20(14)30-15)16-7-3-4-9-18(16)22(23,24)25/h3-10,15H,11-12H2,1-2H3,(H,26,29)/t15-/m0/s1. The molecular formula is C22H20F3N3O2. The SMILES string of the molecule is Cc1cc(C(=O)NC[C@@H]2Cc3cccc(-c4ccccc4C(F)(F)F)c3O2)n(C)n1. The van der Waals surface area contributed by atoms with Crippen molar-refractivity contribution in [3.05, 3.63) is 71.0 Å². The zero-order chi connectivity index (χ0) is 21.5. The van der Waals surface area contributed by atoms with Crippen LogP contribution in [0.2, 0.25) is 0 Å². The van der Waals surface area contributed by atoms with Crippen molar-refractivity contribution in [1.82, 2.24) is 15.1 Å². The van der Waals surface area contributed by atoms with Crippen LogP contribution in [0.25, 0.3) is 11.1 Å². The number of ether oxygens (including phenoxy) is 1. The summed E-state index contributed by atoms with van der Waals surface area (Å²) in [7, 11) is 1.69. The second-order valence-corrected chi connectivity index (χ2v) is 7.29. The number of hydrogen-bond donors (Lipinski definition) is 1. The maximum absolute atomic E-state index is 13.5. The number of alkyl halides is 3. The number of para-hydroxylation sites is 1. The van der Waals surface area contributed by atoms with E-state index in [9.17, 15) is 18.0 Å². The molecule has 2 heterocycles. The van der Waals surface area contributed by atoms with Crippen LogP contribution in [-0.4, -0.2) is 28.3 Å². The Morgan fingerprint density at radius 3 is 2.63 bits per heavy atom. The number of carbonyl (C=O) groups is 1. The van der Waals surface area contributed by atoms with E-state index in [1.165, 1.54) is 16.8 Å². The van der Waals surface area contributed by atoms with E-state index in [-0.39, 0.29) is 24.1 Å². The van der Waals surface area contributed by atoms with Gasteiger partial charge < -0.3 is 10.1 Å². The van der Waals surface area contributed by atoms with Gasteiger partial charge in [0.25, 0.3) is 5.91 Å². The first-order valence-corrected chi connectivity index (χ1v) is 9.48. The molecule has 1 aliphatic heterocycles. The number of fused-ring (bicyclic) bond motifs is 1. The van der Waals surface area contributed by atoms with Crippen molar-refractivity contribution < 1.29 is 22.7 Å². The van der Waals surface area contributed by atoms with Crippen molar-refractivity contribution in [2.75, 3.05) is 6.54 Å². The number of nitrogens with zero attached hydrogens (tertiary/aromatic N) is 2. The molecular weight excluding hydrogens is 395 g/mol. The number of carbonyl (C=O) groups excluding carboxylic acids is 1. The number of benzene rings is 2. The predicted molar refractivity (Wildman–Crippen MR) is 105 cm³/mol. The molecule has 1 N–H and O–H groups in total. The molecule has 1 aromatic heterocycles. The fraction of sp³-hybridized carbons (Fsp3) is 0.273. The summed E-state index contributed by atoms with van der Waals surface area (Å²) in [6, 6.07) is 12.3. The molecule has 0 unspecified atom stereocenters. The van der Waals surface area contributed by atoms with E-state index in [1.54, 1.807) is 38.2 Å². The highest BCUT2D eigenvalue weighted by molar-refractivity contribution is 5.92. The van der Waals surface area contributed by atoms with Gasteiger partial charge in [0.1, 0.15) is 17.5 Å². The predicted octanol–water partition coefficient (Wildman–Crippen LogP) is 4.15. The first kappa shape index (κ1) is 20.0. The lowest BCUT2D eigenvalue weighted by Gasteiger charge is -2.16. The number of rotatable bonds is 4. The molecule has 0 radical (unpaired) electrons. The molecule has 0 saturated carbocycles. The van der Waals surface area contributed by atoms with Crippen molar-refractivity contribution in [3.63, 3.8) is 0 Å². The van der Waals surface area contributed by atoms with Crippen LogP contribution in [0, 0.1) is 6.92 Å². The third-order valence-electron chi connectivity index (χ3n) is 5.08. The summed E-state index contributed by atoms with van der Waals surface area (Å²) in [4.78, 5) is 12.4. The summed E-state index contributed by atoms with van der Waals surface area (Å²) in [5.74, 6) is 0.158. The number of hydrogen-bond acceptors (Lipinski definition) is 3. The first-order valence-electron chi connectivity index (χ1n) is 9.48. The monoisotopic (exact) mass is 415 g/mol. The Morgan fingerprint density at radius 2 is 1.93 bits per heavy atom. The Bertz CT molecular complexity index is 1110. The quantitative estimate of drug-likeness (QED) is 0.697. The highest BCUT2D eigenvalue weighted by Crippen LogP contribution is 2.43. The van der Waals surface area contributed by atoms with Crippen LogP contribution in [0.3, 0.4) is 0 Å². The van der Waals surface area contributed by atoms with E-state index in [0.717, 1.165) is 17.3 Å². The second-order valence-electron chi connectivity index (χ2n) is 7.29. The Morgan fingerprint density at radius 1 is 1.20 bits per heavy atom. The number of aromatic nitrogens is 2. The molecule has 1 atom stereocenters. The topological polar surface area (TPSA) is 56.1 Å². The van der Waals surface area contributed by atoms with E-state index in [0.29, 0.717) is 23.4 Å². The molecule has 0 aliphatic carbocycles. The molecule has 2 aromatic carbocycles. The normalized spacial score (nSPS) is 15.6. The summed E-state index contributed by atoms with van der Waals surface area (Å²) in [6.45, 7) is 2.03. The summed E-state index contributed by atoms with van der Waals surface area (Å²) >= 11 is 0. The van der Waals surface area contributed by atoms with Gasteiger partial charge in [-0.2, -0.15) is 18.3 Å². The van der Waals surface area contributed by atoms with Gasteiger partial charge in [0, 0.05) is 19.0 Å². The molecule has 0 saturated heterocycles. The molecule has 0 bridgehead atoms. The van der Waals surface area contributed by atoms with Crippen LogP contribution >= 0.6 is 0 Å². The van der Waals surface area contributed by atoms with Gasteiger partial charge in [0.05, 0.1) is 17.8 Å². The van der Waals surface area contributed by atoms with Crippen LogP contribution < -0.4 is 10.1 Å². The van der Waals surface area contributed by atoms with Gasteiger partial charge in [0.2, 0.25) is 0 Å². The Balaban J connectivity index is 1.54. The van der Waals surface area contributed by atoms with Crippen LogP contribution in [-0.2, 0) is 19.6 Å². The van der Waals surface area contributed by atoms with E-state index in [4.69, 9.17) is 4.74 Å². The zero-order valence-electron chi connectivity index (χ0n) is 16.5. The van der Waals surface area contributed by atoms with Gasteiger partial charge in [0.15, 0.2) is 0 Å². The van der Waals surface area contributed by atoms with Crippen LogP contribution in [0.15, 0.2) is 48.5 Å². The van der Waals surface area contributed by atoms with Gasteiger partial charge in [-0.3, -0.25) is 9.48 Å². The third kappa shape index (κ3) is 3.77. The van der Waals surface area contributed by atoms with Crippen molar-refractivity contribution >= 4 is 5.91 Å². The van der Waals surface area contributed by atoms with Crippen molar-refractivity contribution in [2.24, 2.45) is 7.05 Å². The first-order chi connectivity index (χ1) is 14.2. The maximum atomic E-state index is 13.5. The van der Waals surface area contributed by atoms with E-state index in [2.05, 4.69) is 10.4 Å². The summed E-state index contributed by atoms with van der Waals surface area (Å²) < 4.78 is 47.9. The molecule has 3 aromatic rings. The number of amides is 1. The van der Waals surface area contributed by atoms with Gasteiger partial charge in [-0.1, -0.05) is 36.4 Å². The van der Waals surface area contributed by atoms with Crippen molar-refractivity contribution in [1.29, 1.82) is 0 Å². The summed E-state index contributed by atoms with van der Waals surface area (Å²) in [6.07, 6.45) is -4.33. The minimum Gasteiger partial charge on any atom is -0.487 e. The van der Waals surface area contributed by atoms with Gasteiger partial charge >= 0.3 is 6.18 Å². The molecule has 0 spiro atoms. The van der Waals surface area contributed by atoms with E-state index >= 15 is 0 Å². The average molecular weight is 415 g/mol. The molecule has 8 heteroatoms. The maximum Gasteiger partial charge on any atom is 0.417 e. The fourth-order valence-electron chi connectivity index (χ4n) is 3.75. The lowest BCUT2D eigenvalue weighted by Crippen LogP contribution is -2.35. The molecule has 0 fully saturated rings. The Kier molecular flexibility index (Phi) is 5.01. The zero-order valence-corrected chi connectivity index (χ0v) is 16.5. The van der Waals surface area contributed by atoms with Crippen LogP contribution in [0.1, 0.15) is 27.3 Å². The van der Waals surface area contributed by atoms with E-state index < -0.39 is 11.7 Å². The Hall–Kier alpha value is -3.29. The number of nitrogens with one attached hydrogen (secondary N) is 1. The largest absolute Gasteiger partial charge is 0.487 e. The number of aryl methyl sites for hydroxylation is 2. The van der Waals surface area contributed by atoms with E-state index in [1.807, 2.05) is 6.07 Å². The molecule has 30 heavy (non-hydrogen) atoms. The third-order valence-corrected chi connectivity index (χ3v) is 5.08. The van der Waals surface area contributed by atoms with Crippen molar-refractivity contribution in [2.45, 2.75) is 25.6 Å². The average Bonchev–Trinajstić information content (AvgIpc) is 3.27. The van der Waals surface area contributed by atoms with Gasteiger partial charge in [-0.25, -0.2) is 0 Å². The van der Waals surface area contributed by atoms with Crippen LogP contribution in [0.5, 0.6) is 5.75 Å².